The molecule has 0 unspecified atom stereocenters. The van der Waals surface area contributed by atoms with Crippen molar-refractivity contribution in [1.29, 1.82) is 0 Å². The second kappa shape index (κ2) is 6.54. The van der Waals surface area contributed by atoms with Gasteiger partial charge in [-0.25, -0.2) is 9.97 Å². The van der Waals surface area contributed by atoms with Crippen molar-refractivity contribution in [2.45, 2.75) is 12.5 Å². The fourth-order valence-corrected chi connectivity index (χ4v) is 2.68. The standard InChI is InChI=1S/C16H19N3O2/c1-20-14-4-2-3-5-15(14)21-16(12-6-7-17-8-12)13-9-18-11-19-10-13/h2-5,9-12,16-17H,6-8H2,1H3/t12-,16+/m1/s1. The van der Waals surface area contributed by atoms with Gasteiger partial charge in [-0.15, -0.1) is 0 Å². The monoisotopic (exact) mass is 285 g/mol. The van der Waals surface area contributed by atoms with Crippen LogP contribution in [0.2, 0.25) is 0 Å². The van der Waals surface area contributed by atoms with E-state index in [1.54, 1.807) is 7.11 Å². The number of ether oxygens (including phenoxy) is 2. The van der Waals surface area contributed by atoms with Crippen molar-refractivity contribution in [3.63, 3.8) is 0 Å². The van der Waals surface area contributed by atoms with E-state index in [1.165, 1.54) is 6.33 Å². The van der Waals surface area contributed by atoms with Crippen LogP contribution in [0.25, 0.3) is 0 Å². The van der Waals surface area contributed by atoms with Crippen LogP contribution in [0.3, 0.4) is 0 Å². The zero-order chi connectivity index (χ0) is 14.5. The number of para-hydroxylation sites is 2. The van der Waals surface area contributed by atoms with Crippen molar-refractivity contribution >= 4 is 0 Å². The second-order valence-electron chi connectivity index (χ2n) is 5.11. The Labute approximate surface area is 124 Å². The molecule has 0 radical (unpaired) electrons. The third-order valence-electron chi connectivity index (χ3n) is 3.76. The van der Waals surface area contributed by atoms with Gasteiger partial charge in [0, 0.05) is 30.4 Å². The average molecular weight is 285 g/mol. The lowest BCUT2D eigenvalue weighted by molar-refractivity contribution is 0.138. The van der Waals surface area contributed by atoms with Crippen LogP contribution in [0.1, 0.15) is 18.1 Å². The Bertz CT molecular complexity index is 571. The molecule has 1 aromatic heterocycles. The number of nitrogens with zero attached hydrogens (tertiary/aromatic N) is 2. The zero-order valence-corrected chi connectivity index (χ0v) is 12.0. The van der Waals surface area contributed by atoms with Crippen LogP contribution in [0, 0.1) is 5.92 Å². The van der Waals surface area contributed by atoms with Gasteiger partial charge >= 0.3 is 0 Å². The summed E-state index contributed by atoms with van der Waals surface area (Å²) in [6.45, 7) is 1.96. The maximum Gasteiger partial charge on any atom is 0.162 e. The number of nitrogens with one attached hydrogen (secondary N) is 1. The maximum absolute atomic E-state index is 6.26. The van der Waals surface area contributed by atoms with Gasteiger partial charge in [-0.2, -0.15) is 0 Å². The SMILES string of the molecule is COc1ccccc1O[C@H](c1cncnc1)[C@@H]1CCNC1. The first-order valence-electron chi connectivity index (χ1n) is 7.14. The Morgan fingerprint density at radius 1 is 1.19 bits per heavy atom. The Balaban J connectivity index is 1.88. The maximum atomic E-state index is 6.26. The minimum absolute atomic E-state index is 0.0718. The van der Waals surface area contributed by atoms with E-state index < -0.39 is 0 Å². The predicted octanol–water partition coefficient (Wildman–Crippen LogP) is 2.21. The summed E-state index contributed by atoms with van der Waals surface area (Å²) in [5, 5.41) is 3.38. The molecule has 1 fully saturated rings. The molecule has 1 aliphatic rings. The first-order valence-corrected chi connectivity index (χ1v) is 7.14. The van der Waals surface area contributed by atoms with E-state index in [4.69, 9.17) is 9.47 Å². The van der Waals surface area contributed by atoms with Crippen LogP contribution in [0.4, 0.5) is 0 Å². The van der Waals surface area contributed by atoms with Gasteiger partial charge in [-0.05, 0) is 25.1 Å². The van der Waals surface area contributed by atoms with Crippen molar-refractivity contribution in [3.8, 4) is 11.5 Å². The molecule has 1 aromatic carbocycles. The summed E-state index contributed by atoms with van der Waals surface area (Å²) in [4.78, 5) is 8.24. The molecule has 2 heterocycles. The summed E-state index contributed by atoms with van der Waals surface area (Å²) < 4.78 is 11.6. The predicted molar refractivity (Wildman–Crippen MR) is 79.4 cm³/mol. The summed E-state index contributed by atoms with van der Waals surface area (Å²) in [6.07, 6.45) is 6.19. The average Bonchev–Trinajstić information content (AvgIpc) is 3.08. The van der Waals surface area contributed by atoms with Crippen molar-refractivity contribution in [3.05, 3.63) is 48.5 Å². The molecule has 5 nitrogen and oxygen atoms in total. The lowest BCUT2D eigenvalue weighted by Gasteiger charge is -2.25. The molecule has 1 N–H and O–H groups in total. The largest absolute Gasteiger partial charge is 0.493 e. The molecular weight excluding hydrogens is 266 g/mol. The highest BCUT2D eigenvalue weighted by Crippen LogP contribution is 2.35. The second-order valence-corrected chi connectivity index (χ2v) is 5.11. The van der Waals surface area contributed by atoms with Crippen molar-refractivity contribution in [1.82, 2.24) is 15.3 Å². The van der Waals surface area contributed by atoms with E-state index in [1.807, 2.05) is 36.7 Å². The minimum Gasteiger partial charge on any atom is -0.493 e. The van der Waals surface area contributed by atoms with Crippen LogP contribution < -0.4 is 14.8 Å². The minimum atomic E-state index is -0.0718. The van der Waals surface area contributed by atoms with E-state index in [2.05, 4.69) is 15.3 Å². The first kappa shape index (κ1) is 13.8. The molecule has 0 spiro atoms. The third kappa shape index (κ3) is 3.13. The number of rotatable bonds is 5. The van der Waals surface area contributed by atoms with Gasteiger partial charge in [0.25, 0.3) is 0 Å². The summed E-state index contributed by atoms with van der Waals surface area (Å²) in [7, 11) is 1.65. The molecule has 0 amide bonds. The number of hydrogen-bond acceptors (Lipinski definition) is 5. The smallest absolute Gasteiger partial charge is 0.162 e. The fraction of sp³-hybridized carbons (Fsp3) is 0.375. The Morgan fingerprint density at radius 2 is 1.95 bits per heavy atom. The van der Waals surface area contributed by atoms with E-state index in [0.29, 0.717) is 5.92 Å². The molecule has 3 rings (SSSR count). The lowest BCUT2D eigenvalue weighted by Crippen LogP contribution is -2.22. The van der Waals surface area contributed by atoms with E-state index in [0.717, 1.165) is 36.6 Å². The molecule has 2 atom stereocenters. The Morgan fingerprint density at radius 3 is 2.62 bits per heavy atom. The normalized spacial score (nSPS) is 19.2. The quantitative estimate of drug-likeness (QED) is 0.913. The fourth-order valence-electron chi connectivity index (χ4n) is 2.68. The zero-order valence-electron chi connectivity index (χ0n) is 12.0. The Kier molecular flexibility index (Phi) is 4.31. The summed E-state index contributed by atoms with van der Waals surface area (Å²) in [5.41, 5.74) is 0.997. The number of aromatic nitrogens is 2. The van der Waals surface area contributed by atoms with Gasteiger partial charge in [0.05, 0.1) is 7.11 Å². The van der Waals surface area contributed by atoms with Crippen molar-refractivity contribution < 1.29 is 9.47 Å². The van der Waals surface area contributed by atoms with Crippen LogP contribution in [0.5, 0.6) is 11.5 Å². The van der Waals surface area contributed by atoms with Gasteiger partial charge in [0.2, 0.25) is 0 Å². The number of methoxy groups -OCH3 is 1. The molecule has 2 aromatic rings. The summed E-state index contributed by atoms with van der Waals surface area (Å²) >= 11 is 0. The summed E-state index contributed by atoms with van der Waals surface area (Å²) in [5.74, 6) is 1.90. The molecule has 0 saturated carbocycles. The number of hydrogen-bond donors (Lipinski definition) is 1. The van der Waals surface area contributed by atoms with Crippen molar-refractivity contribution in [2.24, 2.45) is 5.92 Å². The number of benzene rings is 1. The van der Waals surface area contributed by atoms with E-state index in [9.17, 15) is 0 Å². The summed E-state index contributed by atoms with van der Waals surface area (Å²) in [6, 6.07) is 7.71. The van der Waals surface area contributed by atoms with Crippen LogP contribution >= 0.6 is 0 Å². The van der Waals surface area contributed by atoms with E-state index >= 15 is 0 Å². The highest BCUT2D eigenvalue weighted by molar-refractivity contribution is 5.40. The third-order valence-corrected chi connectivity index (χ3v) is 3.76. The van der Waals surface area contributed by atoms with Crippen LogP contribution in [-0.2, 0) is 0 Å². The topological polar surface area (TPSA) is 56.3 Å². The van der Waals surface area contributed by atoms with Gasteiger partial charge < -0.3 is 14.8 Å². The first-order chi connectivity index (χ1) is 10.4. The van der Waals surface area contributed by atoms with Gasteiger partial charge in [0.15, 0.2) is 11.5 Å². The molecular formula is C16H19N3O2. The van der Waals surface area contributed by atoms with E-state index in [-0.39, 0.29) is 6.10 Å². The molecule has 110 valence electrons. The van der Waals surface area contributed by atoms with Crippen LogP contribution in [0.15, 0.2) is 43.0 Å². The highest BCUT2D eigenvalue weighted by atomic mass is 16.5. The molecule has 0 aliphatic carbocycles. The molecule has 21 heavy (non-hydrogen) atoms. The highest BCUT2D eigenvalue weighted by Gasteiger charge is 2.29. The van der Waals surface area contributed by atoms with Gasteiger partial charge in [-0.3, -0.25) is 0 Å². The molecule has 5 heteroatoms. The molecule has 1 saturated heterocycles. The Hall–Kier alpha value is -2.14. The van der Waals surface area contributed by atoms with Gasteiger partial charge in [-0.1, -0.05) is 12.1 Å². The lowest BCUT2D eigenvalue weighted by atomic mass is 9.96. The van der Waals surface area contributed by atoms with Crippen molar-refractivity contribution in [2.75, 3.05) is 20.2 Å². The molecule has 0 bridgehead atoms. The van der Waals surface area contributed by atoms with Gasteiger partial charge in [0.1, 0.15) is 12.4 Å². The molecule has 1 aliphatic heterocycles. The van der Waals surface area contributed by atoms with Crippen LogP contribution in [-0.4, -0.2) is 30.2 Å².